The highest BCUT2D eigenvalue weighted by Crippen LogP contribution is 2.33. The number of carbonyl (C=O) groups is 1. The number of sulfonamides is 1. The number of aromatic carboxylic acids is 1. The SMILES string of the molecule is CN(c1ccccc1C(=O)O)S(=O)(=O)C1CC1. The molecular formula is C11H13NO4S. The number of anilines is 1. The number of hydrogen-bond donors (Lipinski definition) is 1. The largest absolute Gasteiger partial charge is 0.478 e. The number of benzene rings is 1. The summed E-state index contributed by atoms with van der Waals surface area (Å²) in [7, 11) is -2.01. The minimum Gasteiger partial charge on any atom is -0.478 e. The highest BCUT2D eigenvalue weighted by Gasteiger charge is 2.39. The topological polar surface area (TPSA) is 74.7 Å². The summed E-state index contributed by atoms with van der Waals surface area (Å²) in [6.45, 7) is 0. The monoisotopic (exact) mass is 255 g/mol. The van der Waals surface area contributed by atoms with Gasteiger partial charge in [-0.05, 0) is 25.0 Å². The van der Waals surface area contributed by atoms with E-state index < -0.39 is 16.0 Å². The number of rotatable bonds is 4. The van der Waals surface area contributed by atoms with Gasteiger partial charge in [0.2, 0.25) is 10.0 Å². The average Bonchev–Trinajstić information content (AvgIpc) is 3.12. The molecule has 2 rings (SSSR count). The molecule has 0 aliphatic heterocycles. The van der Waals surface area contributed by atoms with Crippen LogP contribution in [0.5, 0.6) is 0 Å². The molecular weight excluding hydrogens is 242 g/mol. The lowest BCUT2D eigenvalue weighted by atomic mass is 10.2. The third-order valence-electron chi connectivity index (χ3n) is 2.80. The zero-order chi connectivity index (χ0) is 12.6. The molecule has 1 fully saturated rings. The van der Waals surface area contributed by atoms with Crippen molar-refractivity contribution in [2.75, 3.05) is 11.4 Å². The zero-order valence-electron chi connectivity index (χ0n) is 9.33. The van der Waals surface area contributed by atoms with Gasteiger partial charge in [-0.3, -0.25) is 4.31 Å². The molecule has 0 bridgehead atoms. The maximum Gasteiger partial charge on any atom is 0.337 e. The highest BCUT2D eigenvalue weighted by molar-refractivity contribution is 7.93. The standard InChI is InChI=1S/C11H13NO4S/c1-12(17(15,16)8-6-7-8)10-5-3-2-4-9(10)11(13)14/h2-5,8H,6-7H2,1H3,(H,13,14). The van der Waals surface area contributed by atoms with Crippen molar-refractivity contribution in [2.24, 2.45) is 0 Å². The van der Waals surface area contributed by atoms with Gasteiger partial charge < -0.3 is 5.11 Å². The van der Waals surface area contributed by atoms with Gasteiger partial charge in [0.1, 0.15) is 0 Å². The predicted octanol–water partition coefficient (Wildman–Crippen LogP) is 1.31. The Bertz CT molecular complexity index is 548. The summed E-state index contributed by atoms with van der Waals surface area (Å²) in [4.78, 5) is 11.0. The van der Waals surface area contributed by atoms with Crippen molar-refractivity contribution in [3.05, 3.63) is 29.8 Å². The van der Waals surface area contributed by atoms with Gasteiger partial charge in [-0.25, -0.2) is 13.2 Å². The van der Waals surface area contributed by atoms with E-state index in [9.17, 15) is 13.2 Å². The van der Waals surface area contributed by atoms with E-state index in [1.807, 2.05) is 0 Å². The van der Waals surface area contributed by atoms with Crippen molar-refractivity contribution >= 4 is 21.7 Å². The van der Waals surface area contributed by atoms with Gasteiger partial charge in [0.25, 0.3) is 0 Å². The van der Waals surface area contributed by atoms with E-state index in [1.165, 1.54) is 19.2 Å². The fourth-order valence-electron chi connectivity index (χ4n) is 1.66. The second-order valence-corrected chi connectivity index (χ2v) is 6.28. The molecule has 6 heteroatoms. The normalized spacial score (nSPS) is 15.6. The Balaban J connectivity index is 2.43. The van der Waals surface area contributed by atoms with Crippen LogP contribution in [0.3, 0.4) is 0 Å². The molecule has 0 heterocycles. The van der Waals surface area contributed by atoms with Crippen LogP contribution in [0.25, 0.3) is 0 Å². The Morgan fingerprint density at radius 3 is 2.47 bits per heavy atom. The molecule has 1 aliphatic rings. The second-order valence-electron chi connectivity index (χ2n) is 4.03. The summed E-state index contributed by atoms with van der Waals surface area (Å²) in [5.74, 6) is -1.13. The Labute approximate surface area is 99.7 Å². The number of hydrogen-bond acceptors (Lipinski definition) is 3. The van der Waals surface area contributed by atoms with Crippen LogP contribution in [-0.2, 0) is 10.0 Å². The van der Waals surface area contributed by atoms with Crippen LogP contribution in [0.1, 0.15) is 23.2 Å². The molecule has 0 amide bonds. The smallest absolute Gasteiger partial charge is 0.337 e. The lowest BCUT2D eigenvalue weighted by Gasteiger charge is -2.20. The number of para-hydroxylation sites is 1. The van der Waals surface area contributed by atoms with Crippen molar-refractivity contribution in [3.8, 4) is 0 Å². The fraction of sp³-hybridized carbons (Fsp3) is 0.364. The first kappa shape index (κ1) is 11.9. The van der Waals surface area contributed by atoms with E-state index in [0.717, 1.165) is 4.31 Å². The molecule has 1 aromatic carbocycles. The fourth-order valence-corrected chi connectivity index (χ4v) is 3.27. The second kappa shape index (κ2) is 4.03. The van der Waals surface area contributed by atoms with Crippen LogP contribution in [0.2, 0.25) is 0 Å². The van der Waals surface area contributed by atoms with Gasteiger partial charge in [-0.2, -0.15) is 0 Å². The maximum atomic E-state index is 12.0. The van der Waals surface area contributed by atoms with Crippen LogP contribution in [0.4, 0.5) is 5.69 Å². The molecule has 5 nitrogen and oxygen atoms in total. The van der Waals surface area contributed by atoms with E-state index in [4.69, 9.17) is 5.11 Å². The van der Waals surface area contributed by atoms with Crippen molar-refractivity contribution in [1.29, 1.82) is 0 Å². The molecule has 17 heavy (non-hydrogen) atoms. The van der Waals surface area contributed by atoms with Crippen LogP contribution < -0.4 is 4.31 Å². The number of nitrogens with zero attached hydrogens (tertiary/aromatic N) is 1. The van der Waals surface area contributed by atoms with Crippen molar-refractivity contribution in [3.63, 3.8) is 0 Å². The Morgan fingerprint density at radius 1 is 1.35 bits per heavy atom. The van der Waals surface area contributed by atoms with E-state index >= 15 is 0 Å². The van der Waals surface area contributed by atoms with Crippen molar-refractivity contribution in [2.45, 2.75) is 18.1 Å². The average molecular weight is 255 g/mol. The molecule has 0 radical (unpaired) electrons. The summed E-state index contributed by atoms with van der Waals surface area (Å²) >= 11 is 0. The molecule has 0 saturated heterocycles. The Hall–Kier alpha value is -1.56. The summed E-state index contributed by atoms with van der Waals surface area (Å²) in [6, 6.07) is 6.10. The van der Waals surface area contributed by atoms with Gasteiger partial charge >= 0.3 is 5.97 Å². The predicted molar refractivity (Wildman–Crippen MR) is 63.7 cm³/mol. The first-order chi connectivity index (χ1) is 7.94. The van der Waals surface area contributed by atoms with Gasteiger partial charge in [0.05, 0.1) is 16.5 Å². The highest BCUT2D eigenvalue weighted by atomic mass is 32.2. The molecule has 1 saturated carbocycles. The molecule has 1 aromatic rings. The Morgan fingerprint density at radius 2 is 1.94 bits per heavy atom. The molecule has 0 spiro atoms. The van der Waals surface area contributed by atoms with Gasteiger partial charge in [-0.15, -0.1) is 0 Å². The molecule has 1 N–H and O–H groups in total. The van der Waals surface area contributed by atoms with Crippen LogP contribution in [0, 0.1) is 0 Å². The molecule has 0 unspecified atom stereocenters. The summed E-state index contributed by atoms with van der Waals surface area (Å²) in [6.07, 6.45) is 1.31. The summed E-state index contributed by atoms with van der Waals surface area (Å²) in [5.41, 5.74) is 0.214. The molecule has 1 aliphatic carbocycles. The summed E-state index contributed by atoms with van der Waals surface area (Å²) in [5, 5.41) is 8.66. The lowest BCUT2D eigenvalue weighted by Crippen LogP contribution is -2.31. The number of carboxylic acid groups (broad SMARTS) is 1. The quantitative estimate of drug-likeness (QED) is 0.880. The minimum atomic E-state index is -3.40. The van der Waals surface area contributed by atoms with Crippen LogP contribution in [0.15, 0.2) is 24.3 Å². The van der Waals surface area contributed by atoms with Crippen molar-refractivity contribution in [1.82, 2.24) is 0 Å². The third-order valence-corrected chi connectivity index (χ3v) is 5.08. The Kier molecular flexibility index (Phi) is 2.82. The molecule has 0 atom stereocenters. The van der Waals surface area contributed by atoms with Gasteiger partial charge in [0.15, 0.2) is 0 Å². The van der Waals surface area contributed by atoms with Gasteiger partial charge in [0, 0.05) is 7.05 Å². The van der Waals surface area contributed by atoms with Crippen LogP contribution in [-0.4, -0.2) is 31.8 Å². The van der Waals surface area contributed by atoms with E-state index in [-0.39, 0.29) is 16.5 Å². The van der Waals surface area contributed by atoms with E-state index in [2.05, 4.69) is 0 Å². The molecule has 92 valence electrons. The maximum absolute atomic E-state index is 12.0. The first-order valence-corrected chi connectivity index (χ1v) is 6.75. The first-order valence-electron chi connectivity index (χ1n) is 5.24. The molecule has 0 aromatic heterocycles. The van der Waals surface area contributed by atoms with E-state index in [0.29, 0.717) is 12.8 Å². The number of carboxylic acids is 1. The third kappa shape index (κ3) is 2.12. The lowest BCUT2D eigenvalue weighted by molar-refractivity contribution is 0.0698. The minimum absolute atomic E-state index is 0.000718. The zero-order valence-corrected chi connectivity index (χ0v) is 10.1. The van der Waals surface area contributed by atoms with E-state index in [1.54, 1.807) is 12.1 Å². The van der Waals surface area contributed by atoms with Crippen molar-refractivity contribution < 1.29 is 18.3 Å². The summed E-state index contributed by atoms with van der Waals surface area (Å²) < 4.78 is 25.1. The van der Waals surface area contributed by atoms with Gasteiger partial charge in [-0.1, -0.05) is 12.1 Å². The van der Waals surface area contributed by atoms with Crippen LogP contribution >= 0.6 is 0 Å².